The fourth-order valence-corrected chi connectivity index (χ4v) is 4.15. The van der Waals surface area contributed by atoms with Crippen LogP contribution in [0.3, 0.4) is 0 Å². The minimum Gasteiger partial charge on any atom is -0.480 e. The van der Waals surface area contributed by atoms with E-state index in [1.165, 1.54) is 14.0 Å². The Morgan fingerprint density at radius 3 is 2.67 bits per heavy atom. The highest BCUT2D eigenvalue weighted by atomic mass is 32.2. The predicted molar refractivity (Wildman–Crippen MR) is 66.9 cm³/mol. The molecular formula is C11H21NO5S. The Labute approximate surface area is 108 Å². The number of rotatable bonds is 6. The zero-order valence-electron chi connectivity index (χ0n) is 10.9. The van der Waals surface area contributed by atoms with Gasteiger partial charge in [-0.25, -0.2) is 8.42 Å². The highest BCUT2D eigenvalue weighted by Crippen LogP contribution is 2.31. The van der Waals surface area contributed by atoms with E-state index < -0.39 is 21.5 Å². The Morgan fingerprint density at radius 1 is 1.44 bits per heavy atom. The molecular weight excluding hydrogens is 258 g/mol. The van der Waals surface area contributed by atoms with Gasteiger partial charge in [0.2, 0.25) is 10.0 Å². The van der Waals surface area contributed by atoms with Gasteiger partial charge >= 0.3 is 5.97 Å². The van der Waals surface area contributed by atoms with Gasteiger partial charge in [-0.1, -0.05) is 0 Å². The molecule has 1 fully saturated rings. The van der Waals surface area contributed by atoms with E-state index >= 15 is 0 Å². The molecule has 1 saturated heterocycles. The molecule has 0 aromatic rings. The molecule has 1 unspecified atom stereocenters. The van der Waals surface area contributed by atoms with Crippen molar-refractivity contribution in [2.24, 2.45) is 0 Å². The van der Waals surface area contributed by atoms with Crippen molar-refractivity contribution in [3.8, 4) is 0 Å². The Hall–Kier alpha value is -0.660. The molecule has 1 atom stereocenters. The summed E-state index contributed by atoms with van der Waals surface area (Å²) < 4.78 is 30.4. The fourth-order valence-electron chi connectivity index (χ4n) is 2.25. The molecule has 7 heteroatoms. The van der Waals surface area contributed by atoms with Crippen LogP contribution in [-0.4, -0.2) is 55.4 Å². The first-order valence-corrected chi connectivity index (χ1v) is 7.68. The molecule has 1 aliphatic rings. The number of ether oxygens (including phenoxy) is 1. The van der Waals surface area contributed by atoms with Gasteiger partial charge in [0.25, 0.3) is 0 Å². The summed E-state index contributed by atoms with van der Waals surface area (Å²) in [6.45, 7) is 2.14. The quantitative estimate of drug-likeness (QED) is 0.723. The smallest absolute Gasteiger partial charge is 0.324 e. The third-order valence-electron chi connectivity index (χ3n) is 3.37. The normalized spacial score (nSPS) is 26.1. The van der Waals surface area contributed by atoms with Crippen molar-refractivity contribution in [1.82, 2.24) is 4.31 Å². The van der Waals surface area contributed by atoms with Crippen molar-refractivity contribution < 1.29 is 23.1 Å². The summed E-state index contributed by atoms with van der Waals surface area (Å²) in [6, 6.07) is 0. The summed E-state index contributed by atoms with van der Waals surface area (Å²) in [7, 11) is -2.03. The zero-order valence-corrected chi connectivity index (χ0v) is 11.7. The van der Waals surface area contributed by atoms with Gasteiger partial charge in [-0.3, -0.25) is 4.79 Å². The van der Waals surface area contributed by atoms with Gasteiger partial charge in [-0.05, 0) is 32.6 Å². The Kier molecular flexibility index (Phi) is 5.12. The molecule has 106 valence electrons. The van der Waals surface area contributed by atoms with Crippen LogP contribution >= 0.6 is 0 Å². The van der Waals surface area contributed by atoms with Crippen LogP contribution < -0.4 is 0 Å². The second kappa shape index (κ2) is 5.99. The lowest BCUT2D eigenvalue weighted by molar-refractivity contribution is -0.149. The average Bonchev–Trinajstić information content (AvgIpc) is 2.29. The van der Waals surface area contributed by atoms with Crippen LogP contribution in [0.25, 0.3) is 0 Å². The van der Waals surface area contributed by atoms with E-state index in [2.05, 4.69) is 0 Å². The Morgan fingerprint density at radius 2 is 2.11 bits per heavy atom. The molecule has 6 nitrogen and oxygen atoms in total. The number of piperidine rings is 1. The van der Waals surface area contributed by atoms with Crippen LogP contribution in [0.2, 0.25) is 0 Å². The van der Waals surface area contributed by atoms with Crippen LogP contribution in [0.15, 0.2) is 0 Å². The van der Waals surface area contributed by atoms with Crippen LogP contribution in [0, 0.1) is 0 Å². The third-order valence-corrected chi connectivity index (χ3v) is 5.43. The summed E-state index contributed by atoms with van der Waals surface area (Å²) in [5.41, 5.74) is -1.30. The number of hydrogen-bond acceptors (Lipinski definition) is 4. The van der Waals surface area contributed by atoms with Crippen molar-refractivity contribution in [3.63, 3.8) is 0 Å². The number of methoxy groups -OCH3 is 1. The van der Waals surface area contributed by atoms with Gasteiger partial charge in [0.15, 0.2) is 0 Å². The van der Waals surface area contributed by atoms with Crippen LogP contribution in [-0.2, 0) is 19.6 Å². The molecule has 1 heterocycles. The molecule has 18 heavy (non-hydrogen) atoms. The van der Waals surface area contributed by atoms with Gasteiger partial charge in [-0.15, -0.1) is 0 Å². The molecule has 1 aliphatic heterocycles. The van der Waals surface area contributed by atoms with Crippen molar-refractivity contribution in [2.45, 2.75) is 38.1 Å². The molecule has 0 aliphatic carbocycles. The first-order valence-electron chi connectivity index (χ1n) is 6.07. The zero-order chi connectivity index (χ0) is 13.8. The van der Waals surface area contributed by atoms with E-state index in [1.54, 1.807) is 0 Å². The summed E-state index contributed by atoms with van der Waals surface area (Å²) >= 11 is 0. The van der Waals surface area contributed by atoms with E-state index in [4.69, 9.17) is 4.74 Å². The SMILES string of the molecule is COCCCS(=O)(=O)N1CCCCC1(C)C(=O)O. The number of carboxylic acids is 1. The average molecular weight is 279 g/mol. The molecule has 0 saturated carbocycles. The van der Waals surface area contributed by atoms with Crippen LogP contribution in [0.4, 0.5) is 0 Å². The molecule has 0 radical (unpaired) electrons. The molecule has 0 spiro atoms. The lowest BCUT2D eigenvalue weighted by atomic mass is 9.91. The number of carbonyl (C=O) groups is 1. The summed E-state index contributed by atoms with van der Waals surface area (Å²) in [6.07, 6.45) is 2.20. The van der Waals surface area contributed by atoms with E-state index in [-0.39, 0.29) is 12.3 Å². The molecule has 1 N–H and O–H groups in total. The van der Waals surface area contributed by atoms with Crippen LogP contribution in [0.1, 0.15) is 32.6 Å². The van der Waals surface area contributed by atoms with Crippen molar-refractivity contribution >= 4 is 16.0 Å². The molecule has 0 bridgehead atoms. The van der Waals surface area contributed by atoms with Gasteiger partial charge in [0.1, 0.15) is 5.54 Å². The number of nitrogens with zero attached hydrogens (tertiary/aromatic N) is 1. The number of carboxylic acid groups (broad SMARTS) is 1. The van der Waals surface area contributed by atoms with Crippen LogP contribution in [0.5, 0.6) is 0 Å². The molecule has 1 rings (SSSR count). The lowest BCUT2D eigenvalue weighted by Gasteiger charge is -2.40. The molecule has 0 aromatic carbocycles. The maximum atomic E-state index is 12.2. The van der Waals surface area contributed by atoms with Gasteiger partial charge in [0.05, 0.1) is 5.75 Å². The molecule has 0 amide bonds. The monoisotopic (exact) mass is 279 g/mol. The predicted octanol–water partition coefficient (Wildman–Crippen LogP) is 0.682. The van der Waals surface area contributed by atoms with E-state index in [0.717, 1.165) is 10.7 Å². The van der Waals surface area contributed by atoms with E-state index in [9.17, 15) is 18.3 Å². The van der Waals surface area contributed by atoms with Crippen molar-refractivity contribution in [3.05, 3.63) is 0 Å². The maximum absolute atomic E-state index is 12.2. The summed E-state index contributed by atoms with van der Waals surface area (Å²) in [5.74, 6) is -1.14. The lowest BCUT2D eigenvalue weighted by Crippen LogP contribution is -2.57. The van der Waals surface area contributed by atoms with Crippen molar-refractivity contribution in [2.75, 3.05) is 26.0 Å². The maximum Gasteiger partial charge on any atom is 0.324 e. The Bertz CT molecular complexity index is 394. The first-order chi connectivity index (χ1) is 8.34. The van der Waals surface area contributed by atoms with Gasteiger partial charge < -0.3 is 9.84 Å². The number of aliphatic carboxylic acids is 1. The standard InChI is InChI=1S/C11H21NO5S/c1-11(10(13)14)6-3-4-7-12(11)18(15,16)9-5-8-17-2/h3-9H2,1-2H3,(H,13,14). The third kappa shape index (κ3) is 3.21. The summed E-state index contributed by atoms with van der Waals surface area (Å²) in [4.78, 5) is 11.3. The molecule has 0 aromatic heterocycles. The van der Waals surface area contributed by atoms with Crippen molar-refractivity contribution in [1.29, 1.82) is 0 Å². The second-order valence-corrected chi connectivity index (χ2v) is 6.78. The second-order valence-electron chi connectivity index (χ2n) is 4.77. The van der Waals surface area contributed by atoms with E-state index in [0.29, 0.717) is 25.9 Å². The number of hydrogen-bond donors (Lipinski definition) is 1. The highest BCUT2D eigenvalue weighted by Gasteiger charge is 2.46. The first kappa shape index (κ1) is 15.4. The number of sulfonamides is 1. The highest BCUT2D eigenvalue weighted by molar-refractivity contribution is 7.89. The van der Waals surface area contributed by atoms with Gasteiger partial charge in [-0.2, -0.15) is 4.31 Å². The van der Waals surface area contributed by atoms with E-state index in [1.807, 2.05) is 0 Å². The fraction of sp³-hybridized carbons (Fsp3) is 0.909. The topological polar surface area (TPSA) is 83.9 Å². The van der Waals surface area contributed by atoms with Gasteiger partial charge in [0, 0.05) is 20.3 Å². The summed E-state index contributed by atoms with van der Waals surface area (Å²) in [5, 5.41) is 9.27. The minimum atomic E-state index is -3.54. The minimum absolute atomic E-state index is 0.0658. The largest absolute Gasteiger partial charge is 0.480 e. The Balaban J connectivity index is 2.86.